The summed E-state index contributed by atoms with van der Waals surface area (Å²) in [7, 11) is 5.00. The Morgan fingerprint density at radius 2 is 1.89 bits per heavy atom. The van der Waals surface area contributed by atoms with E-state index in [2.05, 4.69) is 5.32 Å². The summed E-state index contributed by atoms with van der Waals surface area (Å²) in [6, 6.07) is 5.30. The molecular weight excluding hydrogens is 254 g/mol. The van der Waals surface area contributed by atoms with E-state index in [1.165, 1.54) is 0 Å². The number of nitrogens with one attached hydrogen (secondary N) is 1. The van der Waals surface area contributed by atoms with Gasteiger partial charge in [0.25, 0.3) is 0 Å². The fourth-order valence-corrected chi connectivity index (χ4v) is 1.72. The second kappa shape index (κ2) is 6.83. The lowest BCUT2D eigenvalue weighted by Gasteiger charge is -2.32. The number of hydrogen-bond acceptors (Lipinski definition) is 4. The number of aliphatic hydroxyl groups is 1. The molecule has 5 heteroatoms. The van der Waals surface area contributed by atoms with Crippen molar-refractivity contribution in [2.75, 3.05) is 21.3 Å². The molecule has 2 unspecified atom stereocenters. The van der Waals surface area contributed by atoms with Gasteiger partial charge in [0.1, 0.15) is 17.1 Å². The highest BCUT2D eigenvalue weighted by molar-refractivity contribution is 5.85. The Hall–Kier alpha value is -0.970. The van der Waals surface area contributed by atoms with Gasteiger partial charge >= 0.3 is 0 Å². The third-order valence-corrected chi connectivity index (χ3v) is 3.23. The van der Waals surface area contributed by atoms with Crippen molar-refractivity contribution in [2.24, 2.45) is 0 Å². The number of hydrogen-bond donors (Lipinski definition) is 2. The largest absolute Gasteiger partial charge is 0.497 e. The normalized spacial score (nSPS) is 15.2. The minimum Gasteiger partial charge on any atom is -0.497 e. The summed E-state index contributed by atoms with van der Waals surface area (Å²) in [6.45, 7) is 3.67. The Morgan fingerprint density at radius 1 is 1.28 bits per heavy atom. The van der Waals surface area contributed by atoms with Gasteiger partial charge in [0.05, 0.1) is 14.2 Å². The first-order chi connectivity index (χ1) is 7.97. The molecule has 0 fully saturated rings. The molecule has 0 bridgehead atoms. The summed E-state index contributed by atoms with van der Waals surface area (Å²) in [5.74, 6) is 1.35. The third kappa shape index (κ3) is 3.28. The Labute approximate surface area is 115 Å². The summed E-state index contributed by atoms with van der Waals surface area (Å²) in [5.41, 5.74) is -0.324. The van der Waals surface area contributed by atoms with Crippen molar-refractivity contribution in [2.45, 2.75) is 25.5 Å². The molecule has 0 aliphatic carbocycles. The average molecular weight is 276 g/mol. The first-order valence-corrected chi connectivity index (χ1v) is 5.59. The summed E-state index contributed by atoms with van der Waals surface area (Å²) in [5, 5.41) is 13.6. The van der Waals surface area contributed by atoms with Gasteiger partial charge in [-0.25, -0.2) is 0 Å². The van der Waals surface area contributed by atoms with Crippen molar-refractivity contribution < 1.29 is 14.6 Å². The minimum absolute atomic E-state index is 0. The maximum Gasteiger partial charge on any atom is 0.125 e. The van der Waals surface area contributed by atoms with Crippen LogP contribution in [0, 0.1) is 0 Å². The van der Waals surface area contributed by atoms with Crippen LogP contribution >= 0.6 is 12.4 Å². The zero-order valence-electron chi connectivity index (χ0n) is 11.5. The Balaban J connectivity index is 0.00000289. The van der Waals surface area contributed by atoms with Crippen molar-refractivity contribution in [1.29, 1.82) is 0 Å². The van der Waals surface area contributed by atoms with Crippen molar-refractivity contribution in [3.63, 3.8) is 0 Å². The van der Waals surface area contributed by atoms with Crippen LogP contribution in [0.15, 0.2) is 18.2 Å². The maximum atomic E-state index is 10.6. The molecule has 0 amide bonds. The molecule has 4 nitrogen and oxygen atoms in total. The van der Waals surface area contributed by atoms with Gasteiger partial charge < -0.3 is 19.9 Å². The standard InChI is InChI=1S/C13H21NO3.ClH/c1-9(14-3)13(2,15)11-8-10(16-4)6-7-12(11)17-5;/h6-9,14-15H,1-5H3;1H. The maximum absolute atomic E-state index is 10.6. The van der Waals surface area contributed by atoms with Crippen LogP contribution in [0.4, 0.5) is 0 Å². The molecule has 0 heterocycles. The lowest BCUT2D eigenvalue weighted by molar-refractivity contribution is 0.0218. The van der Waals surface area contributed by atoms with Crippen molar-refractivity contribution >= 4 is 12.4 Å². The van der Waals surface area contributed by atoms with Crippen LogP contribution in [0.3, 0.4) is 0 Å². The van der Waals surface area contributed by atoms with E-state index in [4.69, 9.17) is 9.47 Å². The molecule has 104 valence electrons. The Morgan fingerprint density at radius 3 is 2.33 bits per heavy atom. The predicted octanol–water partition coefficient (Wildman–Crippen LogP) is 1.94. The molecule has 0 spiro atoms. The molecular formula is C13H22ClNO3. The Kier molecular flexibility index (Phi) is 6.46. The van der Waals surface area contributed by atoms with Crippen LogP contribution in [0.2, 0.25) is 0 Å². The summed E-state index contributed by atoms with van der Waals surface area (Å²) >= 11 is 0. The first-order valence-electron chi connectivity index (χ1n) is 5.59. The molecule has 0 aliphatic heterocycles. The molecule has 0 saturated carbocycles. The monoisotopic (exact) mass is 275 g/mol. The Bertz CT molecular complexity index is 382. The van der Waals surface area contributed by atoms with E-state index < -0.39 is 5.60 Å². The predicted molar refractivity (Wildman–Crippen MR) is 74.9 cm³/mol. The van der Waals surface area contributed by atoms with Gasteiger partial charge in [-0.15, -0.1) is 12.4 Å². The first kappa shape index (κ1) is 17.0. The topological polar surface area (TPSA) is 50.7 Å². The number of rotatable bonds is 5. The molecule has 0 saturated heterocycles. The number of benzene rings is 1. The van der Waals surface area contributed by atoms with Crippen molar-refractivity contribution in [1.82, 2.24) is 5.32 Å². The highest BCUT2D eigenvalue weighted by Gasteiger charge is 2.32. The van der Waals surface area contributed by atoms with Crippen LogP contribution in [0.5, 0.6) is 11.5 Å². The van der Waals surface area contributed by atoms with Gasteiger partial charge in [-0.3, -0.25) is 0 Å². The van der Waals surface area contributed by atoms with E-state index in [0.717, 1.165) is 0 Å². The molecule has 1 aromatic carbocycles. The van der Waals surface area contributed by atoms with Crippen LogP contribution in [-0.4, -0.2) is 32.4 Å². The molecule has 1 rings (SSSR count). The zero-order chi connectivity index (χ0) is 13.1. The van der Waals surface area contributed by atoms with E-state index in [0.29, 0.717) is 17.1 Å². The number of ether oxygens (including phenoxy) is 2. The number of likely N-dealkylation sites (N-methyl/N-ethyl adjacent to an activating group) is 1. The molecule has 0 radical (unpaired) electrons. The van der Waals surface area contributed by atoms with Gasteiger partial charge in [0, 0.05) is 11.6 Å². The minimum atomic E-state index is -1.03. The molecule has 0 aliphatic rings. The van der Waals surface area contributed by atoms with Crippen molar-refractivity contribution in [3.8, 4) is 11.5 Å². The average Bonchev–Trinajstić information content (AvgIpc) is 2.36. The summed E-state index contributed by atoms with van der Waals surface area (Å²) in [6.07, 6.45) is 0. The van der Waals surface area contributed by atoms with Crippen molar-refractivity contribution in [3.05, 3.63) is 23.8 Å². The highest BCUT2D eigenvalue weighted by atomic mass is 35.5. The molecule has 18 heavy (non-hydrogen) atoms. The molecule has 0 aromatic heterocycles. The second-order valence-electron chi connectivity index (χ2n) is 4.22. The highest BCUT2D eigenvalue weighted by Crippen LogP contribution is 2.35. The van der Waals surface area contributed by atoms with Gasteiger partial charge in [-0.2, -0.15) is 0 Å². The zero-order valence-corrected chi connectivity index (χ0v) is 12.3. The SMILES string of the molecule is CNC(C)C(C)(O)c1cc(OC)ccc1OC.Cl. The van der Waals surface area contributed by atoms with Gasteiger partial charge in [-0.1, -0.05) is 0 Å². The van der Waals surface area contributed by atoms with E-state index in [1.54, 1.807) is 33.3 Å². The van der Waals surface area contributed by atoms with Crippen LogP contribution in [0.1, 0.15) is 19.4 Å². The van der Waals surface area contributed by atoms with Gasteiger partial charge in [0.2, 0.25) is 0 Å². The van der Waals surface area contributed by atoms with Gasteiger partial charge in [0.15, 0.2) is 0 Å². The second-order valence-corrected chi connectivity index (χ2v) is 4.22. The van der Waals surface area contributed by atoms with Gasteiger partial charge in [-0.05, 0) is 39.1 Å². The fraction of sp³-hybridized carbons (Fsp3) is 0.538. The lowest BCUT2D eigenvalue weighted by Crippen LogP contribution is -2.43. The quantitative estimate of drug-likeness (QED) is 0.862. The number of methoxy groups -OCH3 is 2. The smallest absolute Gasteiger partial charge is 0.125 e. The van der Waals surface area contributed by atoms with E-state index >= 15 is 0 Å². The van der Waals surface area contributed by atoms with E-state index in [-0.39, 0.29) is 18.4 Å². The van der Waals surface area contributed by atoms with E-state index in [9.17, 15) is 5.11 Å². The third-order valence-electron chi connectivity index (χ3n) is 3.23. The van der Waals surface area contributed by atoms with Crippen LogP contribution in [0.25, 0.3) is 0 Å². The fourth-order valence-electron chi connectivity index (χ4n) is 1.72. The van der Waals surface area contributed by atoms with Crippen LogP contribution < -0.4 is 14.8 Å². The lowest BCUT2D eigenvalue weighted by atomic mass is 9.88. The molecule has 2 N–H and O–H groups in total. The van der Waals surface area contributed by atoms with E-state index in [1.807, 2.05) is 20.0 Å². The molecule has 2 atom stereocenters. The summed E-state index contributed by atoms with van der Waals surface area (Å²) < 4.78 is 10.5. The molecule has 1 aromatic rings. The number of halogens is 1. The summed E-state index contributed by atoms with van der Waals surface area (Å²) in [4.78, 5) is 0. The van der Waals surface area contributed by atoms with Crippen LogP contribution in [-0.2, 0) is 5.60 Å².